The third kappa shape index (κ3) is 3.81. The maximum absolute atomic E-state index is 12.8. The zero-order chi connectivity index (χ0) is 17.2. The number of hydrogen-bond acceptors (Lipinski definition) is 5. The summed E-state index contributed by atoms with van der Waals surface area (Å²) < 4.78 is 38.4. The molecule has 1 aliphatic heterocycles. The number of nitrogens with zero attached hydrogens (tertiary/aromatic N) is 5. The van der Waals surface area contributed by atoms with Gasteiger partial charge in [0.15, 0.2) is 0 Å². The van der Waals surface area contributed by atoms with E-state index >= 15 is 0 Å². The van der Waals surface area contributed by atoms with E-state index in [0.29, 0.717) is 0 Å². The van der Waals surface area contributed by atoms with Crippen LogP contribution in [0, 0.1) is 0 Å². The Balaban J connectivity index is 1.65. The maximum atomic E-state index is 12.8. The van der Waals surface area contributed by atoms with Crippen molar-refractivity contribution in [2.75, 3.05) is 25.0 Å². The average Bonchev–Trinajstić information content (AvgIpc) is 3.03. The number of likely N-dealkylation sites (N-methyl/N-ethyl adjacent to an activating group) is 1. The first-order chi connectivity index (χ1) is 11.4. The quantitative estimate of drug-likeness (QED) is 0.858. The number of pyridine rings is 1. The van der Waals surface area contributed by atoms with Crippen molar-refractivity contribution in [2.45, 2.75) is 25.2 Å². The molecule has 5 nitrogen and oxygen atoms in total. The molecule has 2 aromatic heterocycles. The Bertz CT molecular complexity index is 677. The first kappa shape index (κ1) is 16.6. The van der Waals surface area contributed by atoms with E-state index in [9.17, 15) is 13.2 Å². The predicted molar refractivity (Wildman–Crippen MR) is 83.4 cm³/mol. The molecule has 1 atom stereocenters. The molecule has 1 saturated heterocycles. The van der Waals surface area contributed by atoms with E-state index in [1.165, 1.54) is 5.56 Å². The normalized spacial score (nSPS) is 18.8. The summed E-state index contributed by atoms with van der Waals surface area (Å²) in [6.45, 7) is 2.45. The van der Waals surface area contributed by atoms with Crippen molar-refractivity contribution < 1.29 is 13.2 Å². The first-order valence-corrected chi connectivity index (χ1v) is 7.68. The van der Waals surface area contributed by atoms with Crippen LogP contribution in [0.3, 0.4) is 0 Å². The minimum absolute atomic E-state index is 0.0929. The van der Waals surface area contributed by atoms with Gasteiger partial charge in [-0.2, -0.15) is 13.2 Å². The van der Waals surface area contributed by atoms with Crippen molar-refractivity contribution in [3.63, 3.8) is 0 Å². The Hall–Kier alpha value is -2.22. The van der Waals surface area contributed by atoms with Crippen LogP contribution in [0.2, 0.25) is 0 Å². The molecular formula is C16H18F3N5. The van der Waals surface area contributed by atoms with Gasteiger partial charge in [0.1, 0.15) is 5.69 Å². The fourth-order valence-corrected chi connectivity index (χ4v) is 2.86. The molecule has 128 valence electrons. The molecule has 1 fully saturated rings. The summed E-state index contributed by atoms with van der Waals surface area (Å²) in [4.78, 5) is 15.7. The summed E-state index contributed by atoms with van der Waals surface area (Å²) in [7, 11) is 1.75. The van der Waals surface area contributed by atoms with E-state index in [4.69, 9.17) is 0 Å². The molecule has 0 N–H and O–H groups in total. The van der Waals surface area contributed by atoms with Gasteiger partial charge in [-0.1, -0.05) is 0 Å². The summed E-state index contributed by atoms with van der Waals surface area (Å²) in [6.07, 6.45) is 1.07. The lowest BCUT2D eigenvalue weighted by Gasteiger charge is -2.25. The maximum Gasteiger partial charge on any atom is 0.433 e. The first-order valence-electron chi connectivity index (χ1n) is 7.68. The van der Waals surface area contributed by atoms with Crippen LogP contribution in [0.1, 0.15) is 17.7 Å². The lowest BCUT2D eigenvalue weighted by Crippen LogP contribution is -2.35. The van der Waals surface area contributed by atoms with Gasteiger partial charge in [-0.15, -0.1) is 0 Å². The largest absolute Gasteiger partial charge is 0.433 e. The van der Waals surface area contributed by atoms with Gasteiger partial charge < -0.3 is 4.90 Å². The Morgan fingerprint density at radius 2 is 1.96 bits per heavy atom. The molecule has 3 rings (SSSR count). The molecule has 8 heteroatoms. The van der Waals surface area contributed by atoms with Crippen LogP contribution in [-0.2, 0) is 12.7 Å². The van der Waals surface area contributed by atoms with Crippen LogP contribution in [0.4, 0.5) is 19.1 Å². The Kier molecular flexibility index (Phi) is 4.66. The van der Waals surface area contributed by atoms with E-state index in [1.807, 2.05) is 12.1 Å². The number of alkyl halides is 3. The average molecular weight is 337 g/mol. The molecule has 2 aromatic rings. The second-order valence-corrected chi connectivity index (χ2v) is 5.88. The molecule has 3 heterocycles. The highest BCUT2D eigenvalue weighted by Crippen LogP contribution is 2.28. The standard InChI is InChI=1S/C16H18F3N5/c1-23(15-21-8-4-14(22-15)16(17,18)19)13-5-9-24(11-13)10-12-2-6-20-7-3-12/h2-4,6-8,13H,5,9-11H2,1H3. The molecule has 0 aliphatic carbocycles. The minimum atomic E-state index is -4.46. The Morgan fingerprint density at radius 1 is 1.21 bits per heavy atom. The molecule has 0 saturated carbocycles. The van der Waals surface area contributed by atoms with Crippen molar-refractivity contribution in [3.05, 3.63) is 48.0 Å². The number of likely N-dealkylation sites (tertiary alicyclic amines) is 1. The van der Waals surface area contributed by atoms with Gasteiger partial charge in [0, 0.05) is 51.3 Å². The molecule has 0 radical (unpaired) electrons. The number of hydrogen-bond donors (Lipinski definition) is 0. The molecule has 1 aliphatic rings. The zero-order valence-electron chi connectivity index (χ0n) is 13.2. The zero-order valence-corrected chi connectivity index (χ0v) is 13.2. The lowest BCUT2D eigenvalue weighted by atomic mass is 10.2. The summed E-state index contributed by atoms with van der Waals surface area (Å²) in [5, 5.41) is 0. The number of aromatic nitrogens is 3. The molecule has 0 spiro atoms. The molecule has 24 heavy (non-hydrogen) atoms. The van der Waals surface area contributed by atoms with E-state index < -0.39 is 11.9 Å². The second-order valence-electron chi connectivity index (χ2n) is 5.88. The fourth-order valence-electron chi connectivity index (χ4n) is 2.86. The van der Waals surface area contributed by atoms with Crippen molar-refractivity contribution in [3.8, 4) is 0 Å². The van der Waals surface area contributed by atoms with Crippen molar-refractivity contribution in [1.82, 2.24) is 19.9 Å². The van der Waals surface area contributed by atoms with Crippen LogP contribution < -0.4 is 4.90 Å². The van der Waals surface area contributed by atoms with Crippen molar-refractivity contribution >= 4 is 5.95 Å². The third-order valence-corrected chi connectivity index (χ3v) is 4.20. The fraction of sp³-hybridized carbons (Fsp3) is 0.438. The van der Waals surface area contributed by atoms with E-state index in [2.05, 4.69) is 19.9 Å². The highest BCUT2D eigenvalue weighted by atomic mass is 19.4. The highest BCUT2D eigenvalue weighted by molar-refractivity contribution is 5.32. The van der Waals surface area contributed by atoms with Gasteiger partial charge >= 0.3 is 6.18 Å². The molecule has 1 unspecified atom stereocenters. The molecular weight excluding hydrogens is 319 g/mol. The minimum Gasteiger partial charge on any atom is -0.340 e. The monoisotopic (exact) mass is 337 g/mol. The van der Waals surface area contributed by atoms with Gasteiger partial charge in [0.05, 0.1) is 0 Å². The van der Waals surface area contributed by atoms with Gasteiger partial charge in [0.25, 0.3) is 0 Å². The summed E-state index contributed by atoms with van der Waals surface area (Å²) in [5.74, 6) is 0.112. The third-order valence-electron chi connectivity index (χ3n) is 4.20. The molecule has 0 amide bonds. The Labute approximate surface area is 138 Å². The van der Waals surface area contributed by atoms with Crippen LogP contribution >= 0.6 is 0 Å². The van der Waals surface area contributed by atoms with E-state index in [1.54, 1.807) is 24.3 Å². The lowest BCUT2D eigenvalue weighted by molar-refractivity contribution is -0.141. The second kappa shape index (κ2) is 6.72. The van der Waals surface area contributed by atoms with Gasteiger partial charge in [0.2, 0.25) is 5.95 Å². The van der Waals surface area contributed by atoms with Gasteiger partial charge in [-0.3, -0.25) is 9.88 Å². The van der Waals surface area contributed by atoms with Crippen molar-refractivity contribution in [1.29, 1.82) is 0 Å². The summed E-state index contributed by atoms with van der Waals surface area (Å²) in [5.41, 5.74) is 0.259. The van der Waals surface area contributed by atoms with Crippen LogP contribution in [0.5, 0.6) is 0 Å². The van der Waals surface area contributed by atoms with Crippen molar-refractivity contribution in [2.24, 2.45) is 0 Å². The number of rotatable bonds is 4. The topological polar surface area (TPSA) is 45.2 Å². The summed E-state index contributed by atoms with van der Waals surface area (Å²) >= 11 is 0. The van der Waals surface area contributed by atoms with Gasteiger partial charge in [-0.25, -0.2) is 9.97 Å². The van der Waals surface area contributed by atoms with Crippen LogP contribution in [0.15, 0.2) is 36.8 Å². The molecule has 0 bridgehead atoms. The van der Waals surface area contributed by atoms with E-state index in [-0.39, 0.29) is 12.0 Å². The Morgan fingerprint density at radius 3 is 2.67 bits per heavy atom. The highest BCUT2D eigenvalue weighted by Gasteiger charge is 2.34. The SMILES string of the molecule is CN(c1nccc(C(F)(F)F)n1)C1CCN(Cc2ccncc2)C1. The predicted octanol–water partition coefficient (Wildman–Crippen LogP) is 2.60. The number of halogens is 3. The van der Waals surface area contributed by atoms with E-state index in [0.717, 1.165) is 38.3 Å². The smallest absolute Gasteiger partial charge is 0.340 e. The summed E-state index contributed by atoms with van der Waals surface area (Å²) in [6, 6.07) is 4.91. The van der Waals surface area contributed by atoms with Gasteiger partial charge in [-0.05, 0) is 30.2 Å². The van der Waals surface area contributed by atoms with Crippen LogP contribution in [-0.4, -0.2) is 46.0 Å². The molecule has 0 aromatic carbocycles. The number of anilines is 1. The van der Waals surface area contributed by atoms with Crippen LogP contribution in [0.25, 0.3) is 0 Å².